The predicted molar refractivity (Wildman–Crippen MR) is 133 cm³/mol. The first kappa shape index (κ1) is 22.3. The Kier molecular flexibility index (Phi) is 6.15. The van der Waals surface area contributed by atoms with E-state index in [1.165, 1.54) is 5.56 Å². The SMILES string of the molecule is COc1ccc(Cl)c2c1N(c1ccccc1N=C=S)CC21CCN(CC(C)(C)C)CC1. The molecule has 2 aliphatic heterocycles. The number of hydrogen-bond donors (Lipinski definition) is 0. The third kappa shape index (κ3) is 4.25. The van der Waals surface area contributed by atoms with Crippen LogP contribution in [0, 0.1) is 5.41 Å². The Morgan fingerprint density at radius 2 is 1.87 bits per heavy atom. The molecule has 0 N–H and O–H groups in total. The van der Waals surface area contributed by atoms with Crippen LogP contribution in [0.25, 0.3) is 0 Å². The fourth-order valence-electron chi connectivity index (χ4n) is 5.21. The summed E-state index contributed by atoms with van der Waals surface area (Å²) in [5, 5.41) is 3.35. The summed E-state index contributed by atoms with van der Waals surface area (Å²) in [7, 11) is 1.72. The number of hydrogen-bond acceptors (Lipinski definition) is 5. The van der Waals surface area contributed by atoms with Crippen LogP contribution >= 0.6 is 23.8 Å². The third-order valence-corrected chi connectivity index (χ3v) is 6.83. The Balaban J connectivity index is 1.78. The zero-order chi connectivity index (χ0) is 22.2. The highest BCUT2D eigenvalue weighted by molar-refractivity contribution is 7.78. The Labute approximate surface area is 195 Å². The van der Waals surface area contributed by atoms with E-state index in [1.54, 1.807) is 7.11 Å². The zero-order valence-corrected chi connectivity index (χ0v) is 20.3. The van der Waals surface area contributed by atoms with E-state index in [2.05, 4.69) is 46.8 Å². The molecule has 0 atom stereocenters. The molecule has 1 fully saturated rings. The number of isothiocyanates is 1. The first-order valence-electron chi connectivity index (χ1n) is 10.8. The molecule has 0 aliphatic carbocycles. The first-order valence-corrected chi connectivity index (χ1v) is 11.6. The maximum absolute atomic E-state index is 6.87. The number of piperidine rings is 1. The van der Waals surface area contributed by atoms with E-state index in [1.807, 2.05) is 30.3 Å². The fraction of sp³-hybridized carbons (Fsp3) is 0.480. The Morgan fingerprint density at radius 1 is 1.16 bits per heavy atom. The molecule has 0 saturated carbocycles. The molecule has 0 bridgehead atoms. The van der Waals surface area contributed by atoms with Crippen molar-refractivity contribution in [3.05, 3.63) is 47.0 Å². The Bertz CT molecular complexity index is 1020. The number of halogens is 1. The van der Waals surface area contributed by atoms with E-state index >= 15 is 0 Å². The highest BCUT2D eigenvalue weighted by Gasteiger charge is 2.48. The van der Waals surface area contributed by atoms with Gasteiger partial charge in [-0.1, -0.05) is 44.5 Å². The lowest BCUT2D eigenvalue weighted by Gasteiger charge is -2.42. The number of fused-ring (bicyclic) bond motifs is 2. The van der Waals surface area contributed by atoms with Crippen LogP contribution in [0.3, 0.4) is 0 Å². The molecule has 6 heteroatoms. The largest absolute Gasteiger partial charge is 0.495 e. The summed E-state index contributed by atoms with van der Waals surface area (Å²) in [4.78, 5) is 9.24. The average Bonchev–Trinajstić information content (AvgIpc) is 3.06. The van der Waals surface area contributed by atoms with Gasteiger partial charge in [-0.2, -0.15) is 4.99 Å². The van der Waals surface area contributed by atoms with Crippen molar-refractivity contribution < 1.29 is 4.74 Å². The van der Waals surface area contributed by atoms with E-state index in [0.717, 1.165) is 66.9 Å². The summed E-state index contributed by atoms with van der Waals surface area (Å²) in [6.45, 7) is 11.0. The topological polar surface area (TPSA) is 28.1 Å². The molecular formula is C25H30ClN3OS. The Hall–Kier alpha value is -1.91. The van der Waals surface area contributed by atoms with Gasteiger partial charge in [0.1, 0.15) is 5.75 Å². The summed E-state index contributed by atoms with van der Waals surface area (Å²) < 4.78 is 5.81. The molecule has 164 valence electrons. The predicted octanol–water partition coefficient (Wildman–Crippen LogP) is 6.61. The van der Waals surface area contributed by atoms with Gasteiger partial charge in [-0.25, -0.2) is 0 Å². The molecule has 0 radical (unpaired) electrons. The highest BCUT2D eigenvalue weighted by Crippen LogP contribution is 2.56. The number of thiocarbonyl (C=S) groups is 1. The van der Waals surface area contributed by atoms with Crippen LogP contribution < -0.4 is 9.64 Å². The second-order valence-electron chi connectivity index (χ2n) is 9.87. The van der Waals surface area contributed by atoms with Gasteiger partial charge in [0.05, 0.1) is 29.3 Å². The molecule has 4 rings (SSSR count). The molecule has 0 unspecified atom stereocenters. The van der Waals surface area contributed by atoms with Crippen molar-refractivity contribution in [3.63, 3.8) is 0 Å². The second-order valence-corrected chi connectivity index (χ2v) is 10.5. The highest BCUT2D eigenvalue weighted by atomic mass is 35.5. The molecule has 31 heavy (non-hydrogen) atoms. The van der Waals surface area contributed by atoms with Gasteiger partial charge in [0.2, 0.25) is 0 Å². The maximum atomic E-state index is 6.87. The molecule has 1 spiro atoms. The summed E-state index contributed by atoms with van der Waals surface area (Å²) in [5.74, 6) is 0.842. The van der Waals surface area contributed by atoms with Crippen LogP contribution in [0.15, 0.2) is 41.4 Å². The zero-order valence-electron chi connectivity index (χ0n) is 18.7. The van der Waals surface area contributed by atoms with Crippen LogP contribution in [0.2, 0.25) is 5.02 Å². The number of para-hydroxylation sites is 2. The number of benzene rings is 2. The maximum Gasteiger partial charge on any atom is 0.142 e. The number of anilines is 2. The number of ether oxygens (including phenoxy) is 1. The first-order chi connectivity index (χ1) is 14.8. The van der Waals surface area contributed by atoms with Crippen LogP contribution in [0.4, 0.5) is 17.1 Å². The Morgan fingerprint density at radius 3 is 2.52 bits per heavy atom. The molecule has 0 amide bonds. The van der Waals surface area contributed by atoms with Gasteiger partial charge in [0.25, 0.3) is 0 Å². The second kappa shape index (κ2) is 8.55. The molecule has 4 nitrogen and oxygen atoms in total. The summed E-state index contributed by atoms with van der Waals surface area (Å²) in [6.07, 6.45) is 2.14. The van der Waals surface area contributed by atoms with Crippen molar-refractivity contribution in [1.82, 2.24) is 4.90 Å². The lowest BCUT2D eigenvalue weighted by atomic mass is 9.74. The molecule has 2 aliphatic rings. The molecule has 0 aromatic heterocycles. The molecule has 2 heterocycles. The van der Waals surface area contributed by atoms with E-state index < -0.39 is 0 Å². The van der Waals surface area contributed by atoms with Crippen molar-refractivity contribution in [2.75, 3.05) is 38.2 Å². The number of methoxy groups -OCH3 is 1. The van der Waals surface area contributed by atoms with E-state index in [-0.39, 0.29) is 5.41 Å². The fourth-order valence-corrected chi connectivity index (χ4v) is 5.66. The summed E-state index contributed by atoms with van der Waals surface area (Å²) in [6, 6.07) is 12.0. The quantitative estimate of drug-likeness (QED) is 0.382. The van der Waals surface area contributed by atoms with Crippen LogP contribution in [-0.4, -0.2) is 43.3 Å². The van der Waals surface area contributed by atoms with Crippen LogP contribution in [0.1, 0.15) is 39.2 Å². The van der Waals surface area contributed by atoms with Crippen LogP contribution in [-0.2, 0) is 5.41 Å². The van der Waals surface area contributed by atoms with Crippen LogP contribution in [0.5, 0.6) is 5.75 Å². The monoisotopic (exact) mass is 455 g/mol. The van der Waals surface area contributed by atoms with Crippen molar-refractivity contribution in [2.45, 2.75) is 39.0 Å². The average molecular weight is 456 g/mol. The molecular weight excluding hydrogens is 426 g/mol. The van der Waals surface area contributed by atoms with E-state index in [4.69, 9.17) is 28.6 Å². The van der Waals surface area contributed by atoms with E-state index in [9.17, 15) is 0 Å². The van der Waals surface area contributed by atoms with Gasteiger partial charge in [-0.3, -0.25) is 0 Å². The van der Waals surface area contributed by atoms with Gasteiger partial charge in [-0.05, 0) is 67.8 Å². The van der Waals surface area contributed by atoms with Crippen molar-refractivity contribution in [1.29, 1.82) is 0 Å². The number of aliphatic imine (C=N–C) groups is 1. The minimum absolute atomic E-state index is 0.0101. The number of likely N-dealkylation sites (tertiary alicyclic amines) is 1. The normalized spacial score (nSPS) is 18.0. The van der Waals surface area contributed by atoms with E-state index in [0.29, 0.717) is 5.41 Å². The van der Waals surface area contributed by atoms with Crippen molar-refractivity contribution in [2.24, 2.45) is 10.4 Å². The number of nitrogens with zero attached hydrogens (tertiary/aromatic N) is 3. The van der Waals surface area contributed by atoms with Gasteiger partial charge >= 0.3 is 0 Å². The van der Waals surface area contributed by atoms with Crippen molar-refractivity contribution >= 4 is 46.0 Å². The molecule has 2 aromatic carbocycles. The third-order valence-electron chi connectivity index (χ3n) is 6.42. The smallest absolute Gasteiger partial charge is 0.142 e. The van der Waals surface area contributed by atoms with Gasteiger partial charge in [-0.15, -0.1) is 0 Å². The molecule has 2 aromatic rings. The van der Waals surface area contributed by atoms with Gasteiger partial charge < -0.3 is 14.5 Å². The van der Waals surface area contributed by atoms with Gasteiger partial charge in [0, 0.05) is 29.1 Å². The summed E-state index contributed by atoms with van der Waals surface area (Å²) in [5.41, 5.74) is 4.38. The lowest BCUT2D eigenvalue weighted by molar-refractivity contribution is 0.125. The minimum Gasteiger partial charge on any atom is -0.495 e. The minimum atomic E-state index is -0.0101. The summed E-state index contributed by atoms with van der Waals surface area (Å²) >= 11 is 11.8. The van der Waals surface area contributed by atoms with Crippen molar-refractivity contribution in [3.8, 4) is 5.75 Å². The van der Waals surface area contributed by atoms with Gasteiger partial charge in [0.15, 0.2) is 0 Å². The lowest BCUT2D eigenvalue weighted by Crippen LogP contribution is -2.46. The number of rotatable bonds is 4. The molecule has 1 saturated heterocycles. The standard InChI is InChI=1S/C25H30ClN3OS/c1-24(2,3)15-28-13-11-25(12-14-28)16-29(20-8-6-5-7-19(20)27-17-31)23-21(30-4)10-9-18(26)22(23)25/h5-10H,11-16H2,1-4H3.